The topological polar surface area (TPSA) is 66.0 Å². The molecule has 100 valence electrons. The SMILES string of the molecule is CCNC(=NCC(=O)N(C)C)NCCCOC. The molecular weight excluding hydrogens is 220 g/mol. The van der Waals surface area contributed by atoms with Crippen molar-refractivity contribution in [3.8, 4) is 0 Å². The first-order chi connectivity index (χ1) is 8.11. The molecule has 0 aromatic rings. The van der Waals surface area contributed by atoms with Gasteiger partial charge in [0.05, 0.1) is 0 Å². The van der Waals surface area contributed by atoms with Crippen LogP contribution in [0.1, 0.15) is 13.3 Å². The van der Waals surface area contributed by atoms with Crippen molar-refractivity contribution >= 4 is 11.9 Å². The van der Waals surface area contributed by atoms with Crippen LogP contribution in [0.3, 0.4) is 0 Å². The van der Waals surface area contributed by atoms with Gasteiger partial charge in [0.2, 0.25) is 5.91 Å². The second kappa shape index (κ2) is 9.89. The van der Waals surface area contributed by atoms with Crippen LogP contribution in [0.2, 0.25) is 0 Å². The summed E-state index contributed by atoms with van der Waals surface area (Å²) in [6, 6.07) is 0. The number of hydrogen-bond donors (Lipinski definition) is 2. The zero-order valence-electron chi connectivity index (χ0n) is 11.2. The lowest BCUT2D eigenvalue weighted by Crippen LogP contribution is -2.39. The van der Waals surface area contributed by atoms with Gasteiger partial charge in [-0.1, -0.05) is 0 Å². The van der Waals surface area contributed by atoms with Gasteiger partial charge in [-0.3, -0.25) is 4.79 Å². The molecule has 0 unspecified atom stereocenters. The predicted molar refractivity (Wildman–Crippen MR) is 69.2 cm³/mol. The first-order valence-corrected chi connectivity index (χ1v) is 5.83. The van der Waals surface area contributed by atoms with E-state index in [1.54, 1.807) is 21.2 Å². The predicted octanol–water partition coefficient (Wildman–Crippen LogP) is -0.334. The lowest BCUT2D eigenvalue weighted by atomic mass is 10.4. The molecule has 0 aliphatic carbocycles. The highest BCUT2D eigenvalue weighted by Crippen LogP contribution is 1.82. The summed E-state index contributed by atoms with van der Waals surface area (Å²) in [6.45, 7) is 4.40. The smallest absolute Gasteiger partial charge is 0.243 e. The molecule has 0 aliphatic heterocycles. The number of carbonyl (C=O) groups excluding carboxylic acids is 1. The highest BCUT2D eigenvalue weighted by Gasteiger charge is 2.03. The van der Waals surface area contributed by atoms with Crippen molar-refractivity contribution in [3.05, 3.63) is 0 Å². The first-order valence-electron chi connectivity index (χ1n) is 5.83. The number of hydrogen-bond acceptors (Lipinski definition) is 3. The maximum atomic E-state index is 11.4. The molecule has 0 radical (unpaired) electrons. The van der Waals surface area contributed by atoms with E-state index < -0.39 is 0 Å². The van der Waals surface area contributed by atoms with Crippen molar-refractivity contribution in [2.24, 2.45) is 4.99 Å². The van der Waals surface area contributed by atoms with Crippen molar-refractivity contribution < 1.29 is 9.53 Å². The normalized spacial score (nSPS) is 11.2. The van der Waals surface area contributed by atoms with Crippen molar-refractivity contribution in [1.29, 1.82) is 0 Å². The molecule has 0 atom stereocenters. The van der Waals surface area contributed by atoms with Crippen LogP contribution >= 0.6 is 0 Å². The van der Waals surface area contributed by atoms with Gasteiger partial charge in [-0.05, 0) is 13.3 Å². The number of nitrogens with zero attached hydrogens (tertiary/aromatic N) is 2. The van der Waals surface area contributed by atoms with Crippen LogP contribution in [0.4, 0.5) is 0 Å². The molecule has 0 saturated carbocycles. The van der Waals surface area contributed by atoms with Gasteiger partial charge in [-0.25, -0.2) is 4.99 Å². The van der Waals surface area contributed by atoms with Gasteiger partial charge in [-0.2, -0.15) is 0 Å². The van der Waals surface area contributed by atoms with E-state index in [9.17, 15) is 4.79 Å². The Hall–Kier alpha value is -1.30. The summed E-state index contributed by atoms with van der Waals surface area (Å²) in [5.41, 5.74) is 0. The molecule has 1 amide bonds. The van der Waals surface area contributed by atoms with E-state index in [0.717, 1.165) is 19.5 Å². The zero-order chi connectivity index (χ0) is 13.1. The molecule has 6 heteroatoms. The average Bonchev–Trinajstić information content (AvgIpc) is 2.30. The van der Waals surface area contributed by atoms with E-state index in [1.807, 2.05) is 6.92 Å². The van der Waals surface area contributed by atoms with E-state index in [-0.39, 0.29) is 12.5 Å². The quantitative estimate of drug-likeness (QED) is 0.365. The fourth-order valence-corrected chi connectivity index (χ4v) is 1.05. The molecule has 0 rings (SSSR count). The number of aliphatic imine (C=N–C) groups is 1. The van der Waals surface area contributed by atoms with Gasteiger partial charge in [0, 0.05) is 40.9 Å². The lowest BCUT2D eigenvalue weighted by Gasteiger charge is -2.12. The molecular formula is C11H24N4O2. The number of amides is 1. The van der Waals surface area contributed by atoms with Crippen molar-refractivity contribution in [1.82, 2.24) is 15.5 Å². The molecule has 0 heterocycles. The second-order valence-corrected chi connectivity index (χ2v) is 3.76. The Bertz CT molecular complexity index is 242. The standard InChI is InChI=1S/C11H24N4O2/c1-5-12-11(13-7-6-8-17-4)14-9-10(16)15(2)3/h5-9H2,1-4H3,(H2,12,13,14). The minimum absolute atomic E-state index is 0.0147. The molecule has 6 nitrogen and oxygen atoms in total. The number of rotatable bonds is 7. The van der Waals surface area contributed by atoms with Crippen molar-refractivity contribution in [2.45, 2.75) is 13.3 Å². The van der Waals surface area contributed by atoms with E-state index in [2.05, 4.69) is 15.6 Å². The van der Waals surface area contributed by atoms with E-state index in [0.29, 0.717) is 12.6 Å². The fraction of sp³-hybridized carbons (Fsp3) is 0.818. The molecule has 0 aromatic carbocycles. The highest BCUT2D eigenvalue weighted by atomic mass is 16.5. The fourth-order valence-electron chi connectivity index (χ4n) is 1.05. The third-order valence-electron chi connectivity index (χ3n) is 2.03. The minimum atomic E-state index is -0.0147. The van der Waals surface area contributed by atoms with Gasteiger partial charge < -0.3 is 20.3 Å². The summed E-state index contributed by atoms with van der Waals surface area (Å²) in [4.78, 5) is 17.1. The Morgan fingerprint density at radius 1 is 1.35 bits per heavy atom. The summed E-state index contributed by atoms with van der Waals surface area (Å²) in [7, 11) is 5.11. The Balaban J connectivity index is 4.02. The van der Waals surface area contributed by atoms with Crippen LogP contribution < -0.4 is 10.6 Å². The highest BCUT2D eigenvalue weighted by molar-refractivity contribution is 5.84. The number of ether oxygens (including phenoxy) is 1. The summed E-state index contributed by atoms with van der Waals surface area (Å²) in [5, 5.41) is 6.22. The third-order valence-corrected chi connectivity index (χ3v) is 2.03. The van der Waals surface area contributed by atoms with Gasteiger partial charge in [-0.15, -0.1) is 0 Å². The number of likely N-dealkylation sites (N-methyl/N-ethyl adjacent to an activating group) is 1. The molecule has 0 fully saturated rings. The Morgan fingerprint density at radius 3 is 2.59 bits per heavy atom. The van der Waals surface area contributed by atoms with Crippen LogP contribution in [-0.4, -0.2) is 64.2 Å². The van der Waals surface area contributed by atoms with E-state index >= 15 is 0 Å². The third kappa shape index (κ3) is 8.50. The lowest BCUT2D eigenvalue weighted by molar-refractivity contribution is -0.127. The van der Waals surface area contributed by atoms with Gasteiger partial charge in [0.15, 0.2) is 5.96 Å². The average molecular weight is 244 g/mol. The molecule has 0 aromatic heterocycles. The molecule has 0 aliphatic rings. The number of carbonyl (C=O) groups is 1. The minimum Gasteiger partial charge on any atom is -0.385 e. The molecule has 0 saturated heterocycles. The molecule has 2 N–H and O–H groups in total. The molecule has 17 heavy (non-hydrogen) atoms. The van der Waals surface area contributed by atoms with Crippen molar-refractivity contribution in [2.75, 3.05) is 47.4 Å². The van der Waals surface area contributed by atoms with Crippen molar-refractivity contribution in [3.63, 3.8) is 0 Å². The maximum absolute atomic E-state index is 11.4. The van der Waals surface area contributed by atoms with Gasteiger partial charge >= 0.3 is 0 Å². The summed E-state index contributed by atoms with van der Waals surface area (Å²) >= 11 is 0. The van der Waals surface area contributed by atoms with E-state index in [4.69, 9.17) is 4.74 Å². The number of methoxy groups -OCH3 is 1. The molecule has 0 spiro atoms. The Kier molecular flexibility index (Phi) is 9.14. The van der Waals surface area contributed by atoms with Crippen LogP contribution in [0.5, 0.6) is 0 Å². The number of nitrogens with one attached hydrogen (secondary N) is 2. The number of guanidine groups is 1. The summed E-state index contributed by atoms with van der Waals surface area (Å²) in [5.74, 6) is 0.651. The second-order valence-electron chi connectivity index (χ2n) is 3.76. The van der Waals surface area contributed by atoms with Crippen LogP contribution in [0.25, 0.3) is 0 Å². The summed E-state index contributed by atoms with van der Waals surface area (Å²) < 4.78 is 4.95. The van der Waals surface area contributed by atoms with Crippen LogP contribution in [0, 0.1) is 0 Å². The van der Waals surface area contributed by atoms with Crippen LogP contribution in [-0.2, 0) is 9.53 Å². The maximum Gasteiger partial charge on any atom is 0.243 e. The van der Waals surface area contributed by atoms with E-state index in [1.165, 1.54) is 4.90 Å². The Morgan fingerprint density at radius 2 is 2.06 bits per heavy atom. The van der Waals surface area contributed by atoms with Gasteiger partial charge in [0.1, 0.15) is 6.54 Å². The largest absolute Gasteiger partial charge is 0.385 e. The Labute approximate surface area is 103 Å². The zero-order valence-corrected chi connectivity index (χ0v) is 11.2. The van der Waals surface area contributed by atoms with Crippen LogP contribution in [0.15, 0.2) is 4.99 Å². The summed E-state index contributed by atoms with van der Waals surface area (Å²) in [6.07, 6.45) is 0.905. The molecule has 0 bridgehead atoms. The monoisotopic (exact) mass is 244 g/mol. The first kappa shape index (κ1) is 15.7. The van der Waals surface area contributed by atoms with Gasteiger partial charge in [0.25, 0.3) is 0 Å².